The lowest BCUT2D eigenvalue weighted by atomic mass is 10.1. The van der Waals surface area contributed by atoms with Crippen LogP contribution in [-0.4, -0.2) is 21.3 Å². The van der Waals surface area contributed by atoms with Gasteiger partial charge in [-0.05, 0) is 32.6 Å². The molecule has 0 aromatic carbocycles. The fraction of sp³-hybridized carbons (Fsp3) is 0.889. The highest BCUT2D eigenvalue weighted by Gasteiger charge is 2.27. The maximum atomic E-state index is 11.3. The van der Waals surface area contributed by atoms with Gasteiger partial charge in [0.1, 0.15) is 16.8 Å². The monoisotopic (exact) mass is 188 g/mol. The Bertz CT molecular complexity index is 159. The summed E-state index contributed by atoms with van der Waals surface area (Å²) >= 11 is -0.587. The van der Waals surface area contributed by atoms with Crippen LogP contribution in [0, 0.1) is 0 Å². The van der Waals surface area contributed by atoms with E-state index in [1.54, 1.807) is 6.92 Å². The first kappa shape index (κ1) is 10.1. The molecule has 1 aliphatic heterocycles. The second-order valence-electron chi connectivity index (χ2n) is 3.44. The van der Waals surface area contributed by atoms with Gasteiger partial charge in [-0.15, -0.1) is 0 Å². The van der Waals surface area contributed by atoms with E-state index in [0.29, 0.717) is 11.7 Å². The third-order valence-electron chi connectivity index (χ3n) is 2.30. The van der Waals surface area contributed by atoms with E-state index in [1.807, 2.05) is 0 Å². The fourth-order valence-electron chi connectivity index (χ4n) is 1.61. The molecule has 1 fully saturated rings. The van der Waals surface area contributed by atoms with Gasteiger partial charge in [0.25, 0.3) is 0 Å². The Hall–Kier alpha value is -0.0200. The highest BCUT2D eigenvalue weighted by atomic mass is 32.2. The molecule has 3 heteroatoms. The number of rotatable bonds is 4. The third kappa shape index (κ3) is 3.15. The predicted octanol–water partition coefficient (Wildman–Crippen LogP) is 1.66. The standard InChI is InChI=1S/C9H16O2S/c1-8(10)4-2-5-9-6-3-7-12(9)11/h9H,2-7H2,1H3. The summed E-state index contributed by atoms with van der Waals surface area (Å²) in [7, 11) is 0. The predicted molar refractivity (Wildman–Crippen MR) is 50.6 cm³/mol. The van der Waals surface area contributed by atoms with E-state index in [9.17, 15) is 9.35 Å². The Morgan fingerprint density at radius 1 is 1.67 bits per heavy atom. The van der Waals surface area contributed by atoms with Crippen molar-refractivity contribution < 1.29 is 9.35 Å². The molecule has 0 bridgehead atoms. The van der Waals surface area contributed by atoms with E-state index in [1.165, 1.54) is 0 Å². The quantitative estimate of drug-likeness (QED) is 0.629. The van der Waals surface area contributed by atoms with Crippen molar-refractivity contribution >= 4 is 17.0 Å². The first-order valence-corrected chi connectivity index (χ1v) is 5.95. The molecule has 0 radical (unpaired) electrons. The van der Waals surface area contributed by atoms with Crippen molar-refractivity contribution in [3.8, 4) is 0 Å². The molecule has 1 heterocycles. The molecule has 0 aliphatic carbocycles. The van der Waals surface area contributed by atoms with Crippen LogP contribution in [0.2, 0.25) is 0 Å². The van der Waals surface area contributed by atoms with Crippen LogP contribution in [0.15, 0.2) is 0 Å². The summed E-state index contributed by atoms with van der Waals surface area (Å²) in [6.07, 6.45) is 4.77. The average molecular weight is 188 g/mol. The Morgan fingerprint density at radius 2 is 2.42 bits per heavy atom. The van der Waals surface area contributed by atoms with Gasteiger partial charge in [-0.1, -0.05) is 11.2 Å². The molecule has 12 heavy (non-hydrogen) atoms. The number of Topliss-reactive ketones (excluding diaryl/α,β-unsaturated/α-hetero) is 1. The minimum absolute atomic E-state index is 0.249. The first-order valence-electron chi connectivity index (χ1n) is 4.57. The van der Waals surface area contributed by atoms with Crippen LogP contribution in [0.4, 0.5) is 0 Å². The van der Waals surface area contributed by atoms with Crippen LogP contribution in [0.3, 0.4) is 0 Å². The molecule has 0 aromatic rings. The van der Waals surface area contributed by atoms with Crippen LogP contribution in [0.1, 0.15) is 39.0 Å². The van der Waals surface area contributed by atoms with Crippen molar-refractivity contribution in [3.05, 3.63) is 0 Å². The highest BCUT2D eigenvalue weighted by molar-refractivity contribution is 7.92. The molecule has 1 aliphatic rings. The Kier molecular flexibility index (Phi) is 4.09. The number of carbonyl (C=O) groups is 1. The summed E-state index contributed by atoms with van der Waals surface area (Å²) in [5.74, 6) is 1.13. The summed E-state index contributed by atoms with van der Waals surface area (Å²) in [5.41, 5.74) is 0. The maximum Gasteiger partial charge on any atom is 0.129 e. The van der Waals surface area contributed by atoms with Gasteiger partial charge in [0.2, 0.25) is 0 Å². The van der Waals surface area contributed by atoms with Crippen LogP contribution in [0.25, 0.3) is 0 Å². The van der Waals surface area contributed by atoms with Gasteiger partial charge in [-0.25, -0.2) is 0 Å². The SMILES string of the molecule is CC(=O)CCCC1CCC[S+]1[O-]. The minimum Gasteiger partial charge on any atom is -0.616 e. The molecule has 70 valence electrons. The first-order chi connectivity index (χ1) is 5.70. The van der Waals surface area contributed by atoms with Crippen LogP contribution < -0.4 is 0 Å². The van der Waals surface area contributed by atoms with E-state index in [0.717, 1.165) is 31.4 Å². The van der Waals surface area contributed by atoms with Crippen LogP contribution in [-0.2, 0) is 16.0 Å². The second kappa shape index (κ2) is 4.87. The topological polar surface area (TPSA) is 40.1 Å². The zero-order chi connectivity index (χ0) is 8.97. The molecular weight excluding hydrogens is 172 g/mol. The van der Waals surface area contributed by atoms with E-state index >= 15 is 0 Å². The van der Waals surface area contributed by atoms with Crippen molar-refractivity contribution in [2.45, 2.75) is 44.3 Å². The second-order valence-corrected chi connectivity index (χ2v) is 5.28. The lowest BCUT2D eigenvalue weighted by Crippen LogP contribution is -2.15. The van der Waals surface area contributed by atoms with Gasteiger partial charge in [0.15, 0.2) is 0 Å². The largest absolute Gasteiger partial charge is 0.616 e. The van der Waals surface area contributed by atoms with E-state index < -0.39 is 11.2 Å². The molecule has 2 unspecified atom stereocenters. The van der Waals surface area contributed by atoms with Gasteiger partial charge in [-0.2, -0.15) is 0 Å². The molecule has 1 saturated heterocycles. The average Bonchev–Trinajstić information content (AvgIpc) is 2.36. The molecule has 0 amide bonds. The lowest BCUT2D eigenvalue weighted by Gasteiger charge is -2.12. The lowest BCUT2D eigenvalue weighted by molar-refractivity contribution is -0.117. The zero-order valence-electron chi connectivity index (χ0n) is 7.54. The van der Waals surface area contributed by atoms with E-state index in [2.05, 4.69) is 0 Å². The van der Waals surface area contributed by atoms with E-state index in [-0.39, 0.29) is 5.78 Å². The fourth-order valence-corrected chi connectivity index (χ4v) is 3.25. The van der Waals surface area contributed by atoms with Crippen molar-refractivity contribution in [2.75, 3.05) is 5.75 Å². The Balaban J connectivity index is 2.10. The number of hydrogen-bond acceptors (Lipinski definition) is 2. The molecule has 0 saturated carbocycles. The van der Waals surface area contributed by atoms with Crippen molar-refractivity contribution in [3.63, 3.8) is 0 Å². The molecule has 0 aromatic heterocycles. The molecule has 1 rings (SSSR count). The molecular formula is C9H16O2S. The van der Waals surface area contributed by atoms with Crippen molar-refractivity contribution in [1.29, 1.82) is 0 Å². The molecule has 0 spiro atoms. The van der Waals surface area contributed by atoms with Crippen LogP contribution >= 0.6 is 0 Å². The summed E-state index contributed by atoms with van der Waals surface area (Å²) < 4.78 is 11.3. The summed E-state index contributed by atoms with van der Waals surface area (Å²) in [4.78, 5) is 10.6. The molecule has 0 N–H and O–H groups in total. The Morgan fingerprint density at radius 3 is 2.92 bits per heavy atom. The number of ketones is 1. The normalized spacial score (nSPS) is 29.2. The van der Waals surface area contributed by atoms with Gasteiger partial charge in [0.05, 0.1) is 0 Å². The smallest absolute Gasteiger partial charge is 0.129 e. The maximum absolute atomic E-state index is 11.3. The summed E-state index contributed by atoms with van der Waals surface area (Å²) in [6, 6.07) is 0. The molecule has 2 nitrogen and oxygen atoms in total. The molecule has 2 atom stereocenters. The van der Waals surface area contributed by atoms with Gasteiger partial charge < -0.3 is 9.35 Å². The summed E-state index contributed by atoms with van der Waals surface area (Å²) in [6.45, 7) is 1.62. The number of hydrogen-bond donors (Lipinski definition) is 0. The number of carbonyl (C=O) groups excluding carboxylic acids is 1. The minimum atomic E-state index is -0.587. The third-order valence-corrected chi connectivity index (χ3v) is 4.20. The van der Waals surface area contributed by atoms with Crippen molar-refractivity contribution in [2.24, 2.45) is 0 Å². The van der Waals surface area contributed by atoms with Crippen LogP contribution in [0.5, 0.6) is 0 Å². The Labute approximate surface area is 76.9 Å². The van der Waals surface area contributed by atoms with Gasteiger partial charge in [-0.3, -0.25) is 0 Å². The summed E-state index contributed by atoms with van der Waals surface area (Å²) in [5, 5.41) is 0.393. The van der Waals surface area contributed by atoms with Gasteiger partial charge >= 0.3 is 0 Å². The zero-order valence-corrected chi connectivity index (χ0v) is 8.36. The highest BCUT2D eigenvalue weighted by Crippen LogP contribution is 2.24. The van der Waals surface area contributed by atoms with E-state index in [4.69, 9.17) is 0 Å². The van der Waals surface area contributed by atoms with Gasteiger partial charge in [0, 0.05) is 6.42 Å². The van der Waals surface area contributed by atoms with Crippen molar-refractivity contribution in [1.82, 2.24) is 0 Å².